The summed E-state index contributed by atoms with van der Waals surface area (Å²) in [6.45, 7) is 6.97. The van der Waals surface area contributed by atoms with Crippen LogP contribution in [0.5, 0.6) is 0 Å². The van der Waals surface area contributed by atoms with Crippen molar-refractivity contribution in [3.63, 3.8) is 0 Å². The highest BCUT2D eigenvalue weighted by Crippen LogP contribution is 2.20. The molecule has 2 heterocycles. The number of nitrogens with one attached hydrogen (secondary N) is 1. The van der Waals surface area contributed by atoms with Crippen molar-refractivity contribution >= 4 is 16.5 Å². The minimum atomic E-state index is 0.121. The van der Waals surface area contributed by atoms with E-state index in [1.807, 2.05) is 12.3 Å². The van der Waals surface area contributed by atoms with Gasteiger partial charge in [0, 0.05) is 50.0 Å². The lowest BCUT2D eigenvalue weighted by molar-refractivity contribution is 0.589. The van der Waals surface area contributed by atoms with E-state index in [4.69, 9.17) is 0 Å². The van der Waals surface area contributed by atoms with E-state index in [9.17, 15) is 4.79 Å². The van der Waals surface area contributed by atoms with Gasteiger partial charge in [0.2, 0.25) is 0 Å². The Kier molecular flexibility index (Phi) is 3.74. The van der Waals surface area contributed by atoms with Crippen molar-refractivity contribution in [3.8, 4) is 0 Å². The summed E-state index contributed by atoms with van der Waals surface area (Å²) in [6.07, 6.45) is 2.89. The molecule has 1 aromatic carbocycles. The van der Waals surface area contributed by atoms with Gasteiger partial charge in [-0.3, -0.25) is 4.79 Å². The third-order valence-electron chi connectivity index (χ3n) is 3.91. The largest absolute Gasteiger partial charge is 0.369 e. The summed E-state index contributed by atoms with van der Waals surface area (Å²) in [7, 11) is 0. The van der Waals surface area contributed by atoms with E-state index in [0.717, 1.165) is 49.9 Å². The van der Waals surface area contributed by atoms with Gasteiger partial charge in [0.25, 0.3) is 5.56 Å². The van der Waals surface area contributed by atoms with Crippen molar-refractivity contribution in [3.05, 3.63) is 40.8 Å². The lowest BCUT2D eigenvalue weighted by Gasteiger charge is -2.29. The summed E-state index contributed by atoms with van der Waals surface area (Å²) in [5.74, 6) is 0. The number of hydrogen-bond donors (Lipinski definition) is 1. The van der Waals surface area contributed by atoms with Crippen LogP contribution in [0.2, 0.25) is 0 Å². The molecular formula is C16H21N3O. The minimum Gasteiger partial charge on any atom is -0.369 e. The van der Waals surface area contributed by atoms with Crippen LogP contribution in [0.4, 0.5) is 5.69 Å². The molecule has 1 fully saturated rings. The first kappa shape index (κ1) is 13.2. The second kappa shape index (κ2) is 5.67. The molecule has 1 saturated heterocycles. The number of pyridine rings is 1. The van der Waals surface area contributed by atoms with Crippen LogP contribution in [0.3, 0.4) is 0 Å². The zero-order chi connectivity index (χ0) is 13.9. The van der Waals surface area contributed by atoms with Gasteiger partial charge in [-0.1, -0.05) is 6.92 Å². The van der Waals surface area contributed by atoms with Crippen LogP contribution in [0.25, 0.3) is 10.8 Å². The van der Waals surface area contributed by atoms with Gasteiger partial charge in [-0.15, -0.1) is 0 Å². The molecule has 0 saturated carbocycles. The summed E-state index contributed by atoms with van der Waals surface area (Å²) >= 11 is 0. The van der Waals surface area contributed by atoms with Crippen molar-refractivity contribution in [1.29, 1.82) is 0 Å². The SMILES string of the molecule is CCCn1ccc2cc(N3CCNCC3)ccc2c1=O. The maximum Gasteiger partial charge on any atom is 0.258 e. The Morgan fingerprint density at radius 2 is 2.00 bits per heavy atom. The van der Waals surface area contributed by atoms with Gasteiger partial charge >= 0.3 is 0 Å². The lowest BCUT2D eigenvalue weighted by atomic mass is 10.1. The minimum absolute atomic E-state index is 0.121. The number of aromatic nitrogens is 1. The van der Waals surface area contributed by atoms with Gasteiger partial charge in [0.15, 0.2) is 0 Å². The van der Waals surface area contributed by atoms with E-state index in [-0.39, 0.29) is 5.56 Å². The van der Waals surface area contributed by atoms with E-state index in [1.54, 1.807) is 4.57 Å². The summed E-state index contributed by atoms with van der Waals surface area (Å²) in [5.41, 5.74) is 1.34. The van der Waals surface area contributed by atoms with E-state index >= 15 is 0 Å². The zero-order valence-corrected chi connectivity index (χ0v) is 11.9. The molecule has 4 heteroatoms. The highest BCUT2D eigenvalue weighted by molar-refractivity contribution is 5.85. The summed E-state index contributed by atoms with van der Waals surface area (Å²) in [4.78, 5) is 14.7. The molecule has 1 aliphatic rings. The molecule has 2 aromatic rings. The first-order valence-electron chi connectivity index (χ1n) is 7.38. The molecule has 0 bridgehead atoms. The Morgan fingerprint density at radius 3 is 2.75 bits per heavy atom. The van der Waals surface area contributed by atoms with Gasteiger partial charge in [-0.25, -0.2) is 0 Å². The predicted octanol–water partition coefficient (Wildman–Crippen LogP) is 1.82. The summed E-state index contributed by atoms with van der Waals surface area (Å²) < 4.78 is 1.80. The average molecular weight is 271 g/mol. The van der Waals surface area contributed by atoms with Crippen LogP contribution >= 0.6 is 0 Å². The van der Waals surface area contributed by atoms with Crippen LogP contribution < -0.4 is 15.8 Å². The van der Waals surface area contributed by atoms with Crippen molar-refractivity contribution in [1.82, 2.24) is 9.88 Å². The molecule has 0 unspecified atom stereocenters. The predicted molar refractivity (Wildman–Crippen MR) is 83.6 cm³/mol. The van der Waals surface area contributed by atoms with Gasteiger partial charge in [0.05, 0.1) is 0 Å². The van der Waals surface area contributed by atoms with Crippen LogP contribution in [0.1, 0.15) is 13.3 Å². The molecule has 1 N–H and O–H groups in total. The number of fused-ring (bicyclic) bond motifs is 1. The zero-order valence-electron chi connectivity index (χ0n) is 11.9. The van der Waals surface area contributed by atoms with E-state index < -0.39 is 0 Å². The summed E-state index contributed by atoms with van der Waals surface area (Å²) in [6, 6.07) is 8.24. The number of piperazine rings is 1. The molecule has 1 aliphatic heterocycles. The Hall–Kier alpha value is -1.81. The molecule has 4 nitrogen and oxygen atoms in total. The van der Waals surface area contributed by atoms with Crippen molar-refractivity contribution < 1.29 is 0 Å². The molecule has 106 valence electrons. The fourth-order valence-electron chi connectivity index (χ4n) is 2.81. The van der Waals surface area contributed by atoms with Crippen molar-refractivity contribution in [2.45, 2.75) is 19.9 Å². The van der Waals surface area contributed by atoms with Crippen LogP contribution in [0.15, 0.2) is 35.3 Å². The number of nitrogens with zero attached hydrogens (tertiary/aromatic N) is 2. The quantitative estimate of drug-likeness (QED) is 0.925. The molecule has 0 atom stereocenters. The maximum absolute atomic E-state index is 12.3. The molecule has 0 amide bonds. The maximum atomic E-state index is 12.3. The monoisotopic (exact) mass is 271 g/mol. The van der Waals surface area contributed by atoms with Crippen LogP contribution in [0, 0.1) is 0 Å². The third kappa shape index (κ3) is 2.43. The Labute approximate surface area is 119 Å². The number of aryl methyl sites for hydroxylation is 1. The van der Waals surface area contributed by atoms with E-state index in [2.05, 4.69) is 35.3 Å². The fraction of sp³-hybridized carbons (Fsp3) is 0.438. The van der Waals surface area contributed by atoms with Crippen LogP contribution in [-0.2, 0) is 6.54 Å². The number of benzene rings is 1. The van der Waals surface area contributed by atoms with Gasteiger partial charge in [-0.2, -0.15) is 0 Å². The lowest BCUT2D eigenvalue weighted by Crippen LogP contribution is -2.43. The first-order valence-corrected chi connectivity index (χ1v) is 7.38. The van der Waals surface area contributed by atoms with Crippen LogP contribution in [-0.4, -0.2) is 30.7 Å². The standard InChI is InChI=1S/C16H21N3O/c1-2-8-19-9-5-13-12-14(3-4-15(13)16(19)20)18-10-6-17-7-11-18/h3-5,9,12,17H,2,6-8,10-11H2,1H3. The van der Waals surface area contributed by atoms with E-state index in [0.29, 0.717) is 0 Å². The Bertz CT molecular complexity index is 656. The Morgan fingerprint density at radius 1 is 1.20 bits per heavy atom. The summed E-state index contributed by atoms with van der Waals surface area (Å²) in [5, 5.41) is 5.22. The van der Waals surface area contributed by atoms with E-state index in [1.165, 1.54) is 5.69 Å². The highest BCUT2D eigenvalue weighted by atomic mass is 16.1. The number of hydrogen-bond acceptors (Lipinski definition) is 3. The highest BCUT2D eigenvalue weighted by Gasteiger charge is 2.11. The molecule has 1 aromatic heterocycles. The van der Waals surface area contributed by atoms with Gasteiger partial charge < -0.3 is 14.8 Å². The van der Waals surface area contributed by atoms with Gasteiger partial charge in [-0.05, 0) is 36.1 Å². The second-order valence-electron chi connectivity index (χ2n) is 5.32. The third-order valence-corrected chi connectivity index (χ3v) is 3.91. The average Bonchev–Trinajstić information content (AvgIpc) is 2.51. The molecule has 3 rings (SSSR count). The normalized spacial score (nSPS) is 15.8. The molecule has 0 aliphatic carbocycles. The molecular weight excluding hydrogens is 250 g/mol. The fourth-order valence-corrected chi connectivity index (χ4v) is 2.81. The molecule has 0 spiro atoms. The number of anilines is 1. The Balaban J connectivity index is 1.99. The van der Waals surface area contributed by atoms with Gasteiger partial charge in [0.1, 0.15) is 0 Å². The van der Waals surface area contributed by atoms with Crippen molar-refractivity contribution in [2.75, 3.05) is 31.1 Å². The number of rotatable bonds is 3. The topological polar surface area (TPSA) is 37.3 Å². The molecule has 0 radical (unpaired) electrons. The smallest absolute Gasteiger partial charge is 0.258 e. The van der Waals surface area contributed by atoms with Crippen molar-refractivity contribution in [2.24, 2.45) is 0 Å². The first-order chi connectivity index (χ1) is 9.79. The molecule has 20 heavy (non-hydrogen) atoms. The second-order valence-corrected chi connectivity index (χ2v) is 5.32.